The van der Waals surface area contributed by atoms with E-state index in [0.29, 0.717) is 27.2 Å². The third-order valence-electron chi connectivity index (χ3n) is 5.59. The van der Waals surface area contributed by atoms with Crippen molar-refractivity contribution in [2.75, 3.05) is 16.3 Å². The van der Waals surface area contributed by atoms with Gasteiger partial charge < -0.3 is 4.42 Å². The first-order valence-corrected chi connectivity index (χ1v) is 13.5. The fraction of sp³-hybridized carbons (Fsp3) is 0.0769. The molecule has 36 heavy (non-hydrogen) atoms. The lowest BCUT2D eigenvalue weighted by Crippen LogP contribution is -2.30. The maximum absolute atomic E-state index is 13.6. The molecular formula is C26H20ClN3O4S2. The SMILES string of the molecule is CN(c1ccccc1)S(=O)(=O)c1ccc(C(=O)N(Cc2ccco2)c2nc3ccc(Cl)cc3s2)cc1. The fourth-order valence-corrected chi connectivity index (χ4v) is 6.08. The van der Waals surface area contributed by atoms with Gasteiger partial charge in [0.1, 0.15) is 5.76 Å². The molecule has 10 heteroatoms. The van der Waals surface area contributed by atoms with Crippen LogP contribution in [0.15, 0.2) is 101 Å². The highest BCUT2D eigenvalue weighted by Crippen LogP contribution is 2.33. The summed E-state index contributed by atoms with van der Waals surface area (Å²) in [6.07, 6.45) is 1.54. The lowest BCUT2D eigenvalue weighted by Gasteiger charge is -2.21. The van der Waals surface area contributed by atoms with E-state index in [9.17, 15) is 13.2 Å². The molecule has 0 aliphatic rings. The van der Waals surface area contributed by atoms with Gasteiger partial charge in [-0.1, -0.05) is 41.1 Å². The molecule has 0 radical (unpaired) electrons. The number of halogens is 1. The zero-order valence-electron chi connectivity index (χ0n) is 19.0. The van der Waals surface area contributed by atoms with E-state index in [1.165, 1.54) is 51.9 Å². The maximum Gasteiger partial charge on any atom is 0.264 e. The molecule has 0 N–H and O–H groups in total. The number of thiazole rings is 1. The monoisotopic (exact) mass is 537 g/mol. The Morgan fingerprint density at radius 1 is 1.00 bits per heavy atom. The second-order valence-corrected chi connectivity index (χ2v) is 11.3. The van der Waals surface area contributed by atoms with E-state index in [1.807, 2.05) is 6.07 Å². The molecule has 0 bridgehead atoms. The molecule has 7 nitrogen and oxygen atoms in total. The number of anilines is 2. The predicted molar refractivity (Wildman–Crippen MR) is 142 cm³/mol. The van der Waals surface area contributed by atoms with Crippen LogP contribution in [0.1, 0.15) is 16.1 Å². The van der Waals surface area contributed by atoms with E-state index in [4.69, 9.17) is 16.0 Å². The van der Waals surface area contributed by atoms with Gasteiger partial charge in [0.2, 0.25) is 0 Å². The highest BCUT2D eigenvalue weighted by Gasteiger charge is 2.25. The quantitative estimate of drug-likeness (QED) is 0.246. The second-order valence-electron chi connectivity index (χ2n) is 7.91. The third-order valence-corrected chi connectivity index (χ3v) is 8.66. The average molecular weight is 538 g/mol. The Labute approximate surface area is 217 Å². The first-order valence-electron chi connectivity index (χ1n) is 10.9. The van der Waals surface area contributed by atoms with Crippen molar-refractivity contribution in [3.05, 3.63) is 108 Å². The highest BCUT2D eigenvalue weighted by atomic mass is 35.5. The van der Waals surface area contributed by atoms with E-state index in [1.54, 1.807) is 60.9 Å². The van der Waals surface area contributed by atoms with Gasteiger partial charge in [-0.15, -0.1) is 0 Å². The van der Waals surface area contributed by atoms with Crippen LogP contribution in [0.25, 0.3) is 10.2 Å². The van der Waals surface area contributed by atoms with Gasteiger partial charge in [0.15, 0.2) is 5.13 Å². The number of hydrogen-bond acceptors (Lipinski definition) is 6. The molecule has 2 aromatic heterocycles. The van der Waals surface area contributed by atoms with Gasteiger partial charge in [-0.05, 0) is 66.7 Å². The molecule has 5 rings (SSSR count). The van der Waals surface area contributed by atoms with Gasteiger partial charge in [0, 0.05) is 17.6 Å². The van der Waals surface area contributed by atoms with Crippen molar-refractivity contribution in [3.63, 3.8) is 0 Å². The van der Waals surface area contributed by atoms with Crippen LogP contribution in [-0.4, -0.2) is 26.4 Å². The third kappa shape index (κ3) is 4.73. The molecule has 0 unspecified atom stereocenters. The Bertz CT molecular complexity index is 1620. The standard InChI is InChI=1S/C26H20ClN3O4S2/c1-29(20-6-3-2-4-7-20)36(32,33)22-12-9-18(10-13-22)25(31)30(17-21-8-5-15-34-21)26-28-23-14-11-19(27)16-24(23)35-26/h2-16H,17H2,1H3. The van der Waals surface area contributed by atoms with Gasteiger partial charge in [-0.2, -0.15) is 0 Å². The van der Waals surface area contributed by atoms with Crippen LogP contribution in [0.4, 0.5) is 10.8 Å². The van der Waals surface area contributed by atoms with Gasteiger partial charge in [0.25, 0.3) is 15.9 Å². The number of carbonyl (C=O) groups excluding carboxylic acids is 1. The lowest BCUT2D eigenvalue weighted by atomic mass is 10.2. The number of aromatic nitrogens is 1. The van der Waals surface area contributed by atoms with E-state index in [0.717, 1.165) is 10.2 Å². The van der Waals surface area contributed by atoms with Crippen molar-refractivity contribution in [2.45, 2.75) is 11.4 Å². The summed E-state index contributed by atoms with van der Waals surface area (Å²) in [4.78, 5) is 19.8. The summed E-state index contributed by atoms with van der Waals surface area (Å²) in [5.41, 5.74) is 1.58. The number of hydrogen-bond donors (Lipinski definition) is 0. The molecule has 0 aliphatic heterocycles. The number of benzene rings is 3. The van der Waals surface area contributed by atoms with Gasteiger partial charge >= 0.3 is 0 Å². The number of rotatable bonds is 7. The minimum Gasteiger partial charge on any atom is -0.467 e. The Morgan fingerprint density at radius 2 is 1.75 bits per heavy atom. The van der Waals surface area contributed by atoms with E-state index in [-0.39, 0.29) is 17.3 Å². The number of fused-ring (bicyclic) bond motifs is 1. The normalized spacial score (nSPS) is 11.5. The molecule has 182 valence electrons. The second kappa shape index (κ2) is 9.77. The molecule has 0 saturated heterocycles. The minimum absolute atomic E-state index is 0.0811. The summed E-state index contributed by atoms with van der Waals surface area (Å²) >= 11 is 7.46. The zero-order chi connectivity index (χ0) is 25.3. The summed E-state index contributed by atoms with van der Waals surface area (Å²) in [6.45, 7) is 0.163. The molecule has 0 fully saturated rings. The van der Waals surface area contributed by atoms with Crippen LogP contribution in [0, 0.1) is 0 Å². The smallest absolute Gasteiger partial charge is 0.264 e. The van der Waals surface area contributed by atoms with Gasteiger partial charge in [-0.3, -0.25) is 14.0 Å². The van der Waals surface area contributed by atoms with Crippen LogP contribution in [-0.2, 0) is 16.6 Å². The zero-order valence-corrected chi connectivity index (χ0v) is 21.4. The largest absolute Gasteiger partial charge is 0.467 e. The van der Waals surface area contributed by atoms with Crippen LogP contribution < -0.4 is 9.21 Å². The summed E-state index contributed by atoms with van der Waals surface area (Å²) < 4.78 is 33.7. The van der Waals surface area contributed by atoms with E-state index >= 15 is 0 Å². The molecular weight excluding hydrogens is 518 g/mol. The van der Waals surface area contributed by atoms with Crippen LogP contribution >= 0.6 is 22.9 Å². The number of nitrogens with zero attached hydrogens (tertiary/aromatic N) is 3. The number of sulfonamides is 1. The molecule has 0 spiro atoms. The van der Waals surface area contributed by atoms with Crippen molar-refractivity contribution in [2.24, 2.45) is 0 Å². The number of para-hydroxylation sites is 1. The predicted octanol–water partition coefficient (Wildman–Crippen LogP) is 6.21. The summed E-state index contributed by atoms with van der Waals surface area (Å²) in [7, 11) is -2.30. The maximum atomic E-state index is 13.6. The Kier molecular flexibility index (Phi) is 6.53. The number of amides is 1. The summed E-state index contributed by atoms with van der Waals surface area (Å²) in [5, 5.41) is 1.06. The molecule has 5 aromatic rings. The summed E-state index contributed by atoms with van der Waals surface area (Å²) in [5.74, 6) is 0.251. The first-order chi connectivity index (χ1) is 17.3. The Balaban J connectivity index is 1.46. The van der Waals surface area contributed by atoms with Crippen molar-refractivity contribution in [1.29, 1.82) is 0 Å². The molecule has 0 saturated carbocycles. The Hall–Kier alpha value is -3.66. The van der Waals surface area contributed by atoms with Crippen molar-refractivity contribution in [3.8, 4) is 0 Å². The van der Waals surface area contributed by atoms with E-state index < -0.39 is 10.0 Å². The lowest BCUT2D eigenvalue weighted by molar-refractivity contribution is 0.0983. The number of carbonyl (C=O) groups is 1. The highest BCUT2D eigenvalue weighted by molar-refractivity contribution is 7.92. The van der Waals surface area contributed by atoms with Crippen LogP contribution in [0.2, 0.25) is 5.02 Å². The van der Waals surface area contributed by atoms with Crippen molar-refractivity contribution in [1.82, 2.24) is 4.98 Å². The Morgan fingerprint density at radius 3 is 2.44 bits per heavy atom. The summed E-state index contributed by atoms with van der Waals surface area (Å²) in [6, 6.07) is 23.6. The fourth-order valence-electron chi connectivity index (χ4n) is 3.65. The van der Waals surface area contributed by atoms with Gasteiger partial charge in [-0.25, -0.2) is 13.4 Å². The van der Waals surface area contributed by atoms with Gasteiger partial charge in [0.05, 0.1) is 33.6 Å². The molecule has 3 aromatic carbocycles. The molecule has 0 aliphatic carbocycles. The topological polar surface area (TPSA) is 83.7 Å². The van der Waals surface area contributed by atoms with Crippen LogP contribution in [0.3, 0.4) is 0 Å². The molecule has 2 heterocycles. The van der Waals surface area contributed by atoms with Crippen LogP contribution in [0.5, 0.6) is 0 Å². The van der Waals surface area contributed by atoms with Crippen molar-refractivity contribution < 1.29 is 17.6 Å². The van der Waals surface area contributed by atoms with Crippen molar-refractivity contribution >= 4 is 59.9 Å². The average Bonchev–Trinajstić information content (AvgIpc) is 3.56. The molecule has 1 amide bonds. The first kappa shape index (κ1) is 24.1. The number of furan rings is 1. The van der Waals surface area contributed by atoms with E-state index in [2.05, 4.69) is 4.98 Å². The molecule has 0 atom stereocenters. The minimum atomic E-state index is -3.80.